The fourth-order valence-electron chi connectivity index (χ4n) is 4.57. The Kier molecular flexibility index (Phi) is 7.20. The minimum Gasteiger partial charge on any atom is -0.464 e. The van der Waals surface area contributed by atoms with Crippen molar-refractivity contribution in [2.45, 2.75) is 38.5 Å². The number of aromatic nitrogens is 1. The summed E-state index contributed by atoms with van der Waals surface area (Å²) in [6, 6.07) is 4.39. The van der Waals surface area contributed by atoms with Gasteiger partial charge in [0.15, 0.2) is 0 Å². The first kappa shape index (κ1) is 25.2. The molecule has 188 valence electrons. The number of ether oxygens (including phenoxy) is 1. The second kappa shape index (κ2) is 10.00. The van der Waals surface area contributed by atoms with Crippen LogP contribution in [0.3, 0.4) is 0 Å². The number of nitrogens with zero attached hydrogens (tertiary/aromatic N) is 3. The quantitative estimate of drug-likeness (QED) is 0.427. The van der Waals surface area contributed by atoms with Crippen LogP contribution in [0.4, 0.5) is 0 Å². The number of esters is 1. The molecule has 0 aliphatic carbocycles. The molecule has 2 aliphatic rings. The first-order valence-electron chi connectivity index (χ1n) is 11.7. The molecule has 0 saturated carbocycles. The number of hydrogen-bond donors (Lipinski definition) is 1. The Morgan fingerprint density at radius 1 is 1.14 bits per heavy atom. The number of fused-ring (bicyclic) bond motifs is 3. The molecule has 1 aromatic heterocycles. The summed E-state index contributed by atoms with van der Waals surface area (Å²) in [6.07, 6.45) is 2.22. The van der Waals surface area contributed by atoms with Gasteiger partial charge in [-0.05, 0) is 57.0 Å². The van der Waals surface area contributed by atoms with Gasteiger partial charge >= 0.3 is 5.97 Å². The molecule has 0 unspecified atom stereocenters. The maximum atomic E-state index is 13.1. The summed E-state index contributed by atoms with van der Waals surface area (Å²) in [7, 11) is -3.83. The Hall–Kier alpha value is -2.89. The van der Waals surface area contributed by atoms with Crippen molar-refractivity contribution in [1.82, 2.24) is 19.5 Å². The average molecular weight is 503 g/mol. The highest BCUT2D eigenvalue weighted by atomic mass is 32.2. The van der Waals surface area contributed by atoms with Gasteiger partial charge in [0.1, 0.15) is 6.61 Å². The molecule has 10 nitrogen and oxygen atoms in total. The zero-order valence-electron chi connectivity index (χ0n) is 20.2. The molecule has 3 heterocycles. The molecule has 2 amide bonds. The van der Waals surface area contributed by atoms with E-state index in [1.54, 1.807) is 13.0 Å². The van der Waals surface area contributed by atoms with Gasteiger partial charge < -0.3 is 9.64 Å². The highest BCUT2D eigenvalue weighted by Crippen LogP contribution is 2.32. The lowest BCUT2D eigenvalue weighted by atomic mass is 9.99. The molecule has 0 spiro atoms. The Morgan fingerprint density at radius 2 is 1.83 bits per heavy atom. The number of hydrogen-bond acceptors (Lipinski definition) is 8. The summed E-state index contributed by atoms with van der Waals surface area (Å²) in [5.41, 5.74) is 1.07. The third kappa shape index (κ3) is 5.21. The molecule has 11 heteroatoms. The lowest BCUT2D eigenvalue weighted by Crippen LogP contribution is -2.39. The number of carbonyl (C=O) groups is 3. The fraction of sp³-hybridized carbons (Fsp3) is 0.500. The van der Waals surface area contributed by atoms with E-state index in [4.69, 9.17) is 4.74 Å². The summed E-state index contributed by atoms with van der Waals surface area (Å²) in [6.45, 7) is 7.71. The van der Waals surface area contributed by atoms with Gasteiger partial charge in [-0.1, -0.05) is 6.92 Å². The lowest BCUT2D eigenvalue weighted by Gasteiger charge is -2.30. The largest absolute Gasteiger partial charge is 0.464 e. The van der Waals surface area contributed by atoms with E-state index >= 15 is 0 Å². The monoisotopic (exact) mass is 502 g/mol. The van der Waals surface area contributed by atoms with Crippen LogP contribution in [-0.2, 0) is 19.6 Å². The summed E-state index contributed by atoms with van der Waals surface area (Å²) in [5.74, 6) is -0.908. The van der Waals surface area contributed by atoms with Crippen LogP contribution in [-0.4, -0.2) is 80.3 Å². The van der Waals surface area contributed by atoms with Crippen LogP contribution >= 0.6 is 0 Å². The topological polar surface area (TPSA) is 126 Å². The molecule has 1 N–H and O–H groups in total. The van der Waals surface area contributed by atoms with Crippen molar-refractivity contribution in [2.75, 3.05) is 39.3 Å². The van der Waals surface area contributed by atoms with E-state index < -0.39 is 27.8 Å². The first-order valence-corrected chi connectivity index (χ1v) is 13.2. The molecule has 2 aromatic rings. The minimum atomic E-state index is -3.83. The maximum absolute atomic E-state index is 13.1. The van der Waals surface area contributed by atoms with Gasteiger partial charge in [-0.15, -0.1) is 0 Å². The Morgan fingerprint density at radius 3 is 2.51 bits per heavy atom. The van der Waals surface area contributed by atoms with Crippen molar-refractivity contribution >= 4 is 38.7 Å². The molecule has 0 radical (unpaired) electrons. The number of carbonyl (C=O) groups excluding carboxylic acids is 3. The Balaban J connectivity index is 1.57. The summed E-state index contributed by atoms with van der Waals surface area (Å²) >= 11 is 0. The number of amides is 2. The van der Waals surface area contributed by atoms with Gasteiger partial charge in [0.2, 0.25) is 10.0 Å². The number of benzene rings is 1. The SMILES string of the molecule is CC(=O)OCCN1C(=O)c2c(C)nc3ccc(S(=O)(=O)NCCN4CCC(C)CC4)cc3c2C1=O. The summed E-state index contributed by atoms with van der Waals surface area (Å²) in [5, 5.41) is 0.298. The zero-order valence-corrected chi connectivity index (χ0v) is 21.0. The Bertz CT molecular complexity index is 1280. The van der Waals surface area contributed by atoms with Crippen LogP contribution < -0.4 is 4.72 Å². The van der Waals surface area contributed by atoms with Crippen molar-refractivity contribution in [2.24, 2.45) is 5.92 Å². The number of imide groups is 1. The van der Waals surface area contributed by atoms with Crippen molar-refractivity contribution in [3.05, 3.63) is 35.0 Å². The highest BCUT2D eigenvalue weighted by Gasteiger charge is 2.39. The van der Waals surface area contributed by atoms with Crippen molar-refractivity contribution < 1.29 is 27.5 Å². The molecular formula is C24H30N4O6S. The van der Waals surface area contributed by atoms with E-state index in [2.05, 4.69) is 21.5 Å². The van der Waals surface area contributed by atoms with E-state index in [-0.39, 0.29) is 35.7 Å². The second-order valence-electron chi connectivity index (χ2n) is 9.15. The maximum Gasteiger partial charge on any atom is 0.302 e. The van der Waals surface area contributed by atoms with Gasteiger partial charge in [0.25, 0.3) is 11.8 Å². The van der Waals surface area contributed by atoms with Crippen LogP contribution in [0.15, 0.2) is 23.1 Å². The van der Waals surface area contributed by atoms with Gasteiger partial charge in [-0.2, -0.15) is 0 Å². The summed E-state index contributed by atoms with van der Waals surface area (Å²) in [4.78, 5) is 44.8. The molecular weight excluding hydrogens is 472 g/mol. The average Bonchev–Trinajstić information content (AvgIpc) is 3.05. The van der Waals surface area contributed by atoms with Crippen LogP contribution in [0.2, 0.25) is 0 Å². The van der Waals surface area contributed by atoms with Gasteiger partial charge in [-0.25, -0.2) is 13.1 Å². The van der Waals surface area contributed by atoms with Gasteiger partial charge in [0.05, 0.1) is 33.8 Å². The smallest absolute Gasteiger partial charge is 0.302 e. The molecule has 0 bridgehead atoms. The van der Waals surface area contributed by atoms with Gasteiger partial charge in [0, 0.05) is 25.4 Å². The molecule has 35 heavy (non-hydrogen) atoms. The molecule has 4 rings (SSSR count). The zero-order chi connectivity index (χ0) is 25.3. The van der Waals surface area contributed by atoms with E-state index in [9.17, 15) is 22.8 Å². The van der Waals surface area contributed by atoms with Crippen LogP contribution in [0.5, 0.6) is 0 Å². The third-order valence-electron chi connectivity index (χ3n) is 6.58. The highest BCUT2D eigenvalue weighted by molar-refractivity contribution is 7.89. The predicted molar refractivity (Wildman–Crippen MR) is 129 cm³/mol. The van der Waals surface area contributed by atoms with E-state index in [0.29, 0.717) is 29.1 Å². The van der Waals surface area contributed by atoms with E-state index in [1.807, 2.05) is 0 Å². The molecule has 1 fully saturated rings. The molecule has 0 atom stereocenters. The van der Waals surface area contributed by atoms with Crippen LogP contribution in [0.1, 0.15) is 53.1 Å². The van der Waals surface area contributed by atoms with E-state index in [1.165, 1.54) is 19.1 Å². The second-order valence-corrected chi connectivity index (χ2v) is 10.9. The number of nitrogens with one attached hydrogen (secondary N) is 1. The number of aryl methyl sites for hydroxylation is 1. The number of pyridine rings is 1. The van der Waals surface area contributed by atoms with Crippen LogP contribution in [0.25, 0.3) is 10.9 Å². The standard InChI is InChI=1S/C24H30N4O6S/c1-15-6-9-27(10-7-15)11-8-25-35(32,33)18-4-5-20-19(14-18)22-21(16(2)26-20)23(30)28(24(22)31)12-13-34-17(3)29/h4-5,14-15,25H,6-13H2,1-3H3. The van der Waals surface area contributed by atoms with Gasteiger partial charge in [-0.3, -0.25) is 24.3 Å². The van der Waals surface area contributed by atoms with Crippen molar-refractivity contribution in [1.29, 1.82) is 0 Å². The van der Waals surface area contributed by atoms with Crippen LogP contribution in [0, 0.1) is 12.8 Å². The number of rotatable bonds is 8. The summed E-state index contributed by atoms with van der Waals surface area (Å²) < 4.78 is 33.5. The normalized spacial score (nSPS) is 17.3. The van der Waals surface area contributed by atoms with E-state index in [0.717, 1.165) is 30.8 Å². The number of sulfonamides is 1. The fourth-order valence-corrected chi connectivity index (χ4v) is 5.62. The number of likely N-dealkylation sites (tertiary alicyclic amines) is 1. The number of piperidine rings is 1. The molecule has 2 aliphatic heterocycles. The third-order valence-corrected chi connectivity index (χ3v) is 8.04. The molecule has 1 saturated heterocycles. The van der Waals surface area contributed by atoms with Crippen molar-refractivity contribution in [3.8, 4) is 0 Å². The first-order chi connectivity index (χ1) is 16.6. The molecule has 1 aromatic carbocycles. The predicted octanol–water partition coefficient (Wildman–Crippen LogP) is 1.71. The Labute approximate surface area is 204 Å². The minimum absolute atomic E-state index is 0.00346. The lowest BCUT2D eigenvalue weighted by molar-refractivity contribution is -0.141. The van der Waals surface area contributed by atoms with Crippen molar-refractivity contribution in [3.63, 3.8) is 0 Å².